The van der Waals surface area contributed by atoms with E-state index < -0.39 is 30.6 Å². The van der Waals surface area contributed by atoms with Crippen LogP contribution in [0, 0.1) is 0 Å². The van der Waals surface area contributed by atoms with Crippen LogP contribution < -0.4 is 0 Å². The Hall–Kier alpha value is -0.720. The van der Waals surface area contributed by atoms with E-state index in [4.69, 9.17) is 15.3 Å². The molecule has 0 aliphatic carbocycles. The Balaban J connectivity index is 2.55. The number of cyclic esters (lactones) is 1. The number of hydrogen-bond acceptors (Lipinski definition) is 5. The summed E-state index contributed by atoms with van der Waals surface area (Å²) in [5.74, 6) is -4.03. The first-order valence-corrected chi connectivity index (χ1v) is 2.91. The molecular weight excluding hydrogens is 159 g/mol. The number of ether oxygens (including phenoxy) is 1. The van der Waals surface area contributed by atoms with Crippen molar-refractivity contribution in [1.29, 1.82) is 0 Å². The van der Waals surface area contributed by atoms with Crippen molar-refractivity contribution in [3.63, 3.8) is 0 Å². The second-order valence-corrected chi connectivity index (χ2v) is 2.23. The highest BCUT2D eigenvalue weighted by molar-refractivity contribution is 5.91. The minimum absolute atomic E-state index is 0.830. The van der Waals surface area contributed by atoms with Crippen molar-refractivity contribution in [1.82, 2.24) is 0 Å². The number of aliphatic hydroxyl groups is 3. The zero-order valence-corrected chi connectivity index (χ0v) is 5.40. The first-order chi connectivity index (χ1) is 5.02. The summed E-state index contributed by atoms with van der Waals surface area (Å²) < 4.78 is 16.4. The van der Waals surface area contributed by atoms with Crippen molar-refractivity contribution in [2.24, 2.45) is 0 Å². The number of carbonyl (C=O) groups excluding carboxylic acids is 1. The molecule has 0 aromatic heterocycles. The standard InChI is InChI=1S/C5H7FO5/c6-5(4(10)11-5)3(9)2(8)1-7/h2-3,7-9H,1H2/t2-,3-,5-/m1/s1. The molecule has 11 heavy (non-hydrogen) atoms. The Kier molecular flexibility index (Phi) is 1.83. The first-order valence-electron chi connectivity index (χ1n) is 2.91. The lowest BCUT2D eigenvalue weighted by atomic mass is 10.1. The maximum atomic E-state index is 12.6. The fourth-order valence-electron chi connectivity index (χ4n) is 0.638. The van der Waals surface area contributed by atoms with Gasteiger partial charge in [-0.15, -0.1) is 0 Å². The van der Waals surface area contributed by atoms with Gasteiger partial charge in [-0.05, 0) is 0 Å². The quantitative estimate of drug-likeness (QED) is 0.419. The van der Waals surface area contributed by atoms with Crippen molar-refractivity contribution in [3.05, 3.63) is 0 Å². The molecule has 0 spiro atoms. The summed E-state index contributed by atoms with van der Waals surface area (Å²) in [5, 5.41) is 25.6. The van der Waals surface area contributed by atoms with E-state index in [-0.39, 0.29) is 0 Å². The van der Waals surface area contributed by atoms with Gasteiger partial charge in [0.2, 0.25) is 0 Å². The summed E-state index contributed by atoms with van der Waals surface area (Å²) in [5.41, 5.74) is 0. The van der Waals surface area contributed by atoms with Gasteiger partial charge in [0, 0.05) is 0 Å². The van der Waals surface area contributed by atoms with Crippen LogP contribution in [0.3, 0.4) is 0 Å². The third-order valence-electron chi connectivity index (χ3n) is 1.41. The van der Waals surface area contributed by atoms with Gasteiger partial charge >= 0.3 is 11.8 Å². The minimum Gasteiger partial charge on any atom is -0.410 e. The van der Waals surface area contributed by atoms with Crippen molar-refractivity contribution in [2.75, 3.05) is 6.61 Å². The molecule has 6 heteroatoms. The lowest BCUT2D eigenvalue weighted by Crippen LogP contribution is -2.40. The van der Waals surface area contributed by atoms with Gasteiger partial charge in [0.1, 0.15) is 6.10 Å². The predicted molar refractivity (Wildman–Crippen MR) is 29.0 cm³/mol. The zero-order chi connectivity index (χ0) is 8.65. The average Bonchev–Trinajstić information content (AvgIpc) is 2.58. The van der Waals surface area contributed by atoms with Crippen molar-refractivity contribution < 1.29 is 29.2 Å². The summed E-state index contributed by atoms with van der Waals surface area (Å²) >= 11 is 0. The van der Waals surface area contributed by atoms with Crippen molar-refractivity contribution in [3.8, 4) is 0 Å². The van der Waals surface area contributed by atoms with Crippen LogP contribution in [0.15, 0.2) is 0 Å². The van der Waals surface area contributed by atoms with Crippen LogP contribution in [-0.2, 0) is 9.53 Å². The van der Waals surface area contributed by atoms with Gasteiger partial charge in [0.15, 0.2) is 6.10 Å². The van der Waals surface area contributed by atoms with Crippen LogP contribution in [0.25, 0.3) is 0 Å². The molecule has 1 fully saturated rings. The molecule has 0 amide bonds. The Labute approximate surface area is 61.0 Å². The predicted octanol–water partition coefficient (Wildman–Crippen LogP) is -2.08. The zero-order valence-electron chi connectivity index (χ0n) is 5.40. The van der Waals surface area contributed by atoms with E-state index in [1.807, 2.05) is 0 Å². The molecule has 1 saturated heterocycles. The molecule has 64 valence electrons. The SMILES string of the molecule is O=C1O[C@]1(F)[C@H](O)[C@H](O)CO. The molecule has 0 unspecified atom stereocenters. The van der Waals surface area contributed by atoms with Gasteiger partial charge in [0.05, 0.1) is 6.61 Å². The van der Waals surface area contributed by atoms with Gasteiger partial charge in [-0.3, -0.25) is 0 Å². The Bertz CT molecular complexity index is 184. The molecular formula is C5H7FO5. The number of alkyl halides is 1. The number of hydrogen-bond donors (Lipinski definition) is 3. The van der Waals surface area contributed by atoms with E-state index in [1.54, 1.807) is 0 Å². The van der Waals surface area contributed by atoms with Gasteiger partial charge in [0.25, 0.3) is 0 Å². The Morgan fingerprint density at radius 3 is 2.36 bits per heavy atom. The molecule has 3 atom stereocenters. The molecule has 1 aliphatic rings. The second-order valence-electron chi connectivity index (χ2n) is 2.23. The Morgan fingerprint density at radius 2 is 2.09 bits per heavy atom. The third kappa shape index (κ3) is 1.20. The molecule has 0 aromatic rings. The van der Waals surface area contributed by atoms with E-state index in [2.05, 4.69) is 4.74 Å². The van der Waals surface area contributed by atoms with E-state index in [0.717, 1.165) is 0 Å². The van der Waals surface area contributed by atoms with E-state index in [1.165, 1.54) is 0 Å². The minimum atomic E-state index is -2.80. The first kappa shape index (κ1) is 8.38. The van der Waals surface area contributed by atoms with Crippen LogP contribution in [-0.4, -0.2) is 46.0 Å². The lowest BCUT2D eigenvalue weighted by Gasteiger charge is -2.13. The van der Waals surface area contributed by atoms with Gasteiger partial charge in [-0.1, -0.05) is 0 Å². The molecule has 0 bridgehead atoms. The smallest absolute Gasteiger partial charge is 0.390 e. The highest BCUT2D eigenvalue weighted by Crippen LogP contribution is 2.35. The lowest BCUT2D eigenvalue weighted by molar-refractivity contribution is -0.120. The van der Waals surface area contributed by atoms with Crippen molar-refractivity contribution in [2.45, 2.75) is 18.1 Å². The fourth-order valence-corrected chi connectivity index (χ4v) is 0.638. The number of epoxide rings is 1. The van der Waals surface area contributed by atoms with Crippen LogP contribution in [0.4, 0.5) is 4.39 Å². The number of halogens is 1. The Morgan fingerprint density at radius 1 is 1.64 bits per heavy atom. The van der Waals surface area contributed by atoms with Gasteiger partial charge in [-0.25, -0.2) is 4.79 Å². The summed E-state index contributed by atoms with van der Waals surface area (Å²) in [7, 11) is 0. The van der Waals surface area contributed by atoms with Gasteiger partial charge < -0.3 is 20.1 Å². The monoisotopic (exact) mass is 166 g/mol. The molecule has 1 heterocycles. The summed E-state index contributed by atoms with van der Waals surface area (Å²) in [6.07, 6.45) is -3.72. The van der Waals surface area contributed by atoms with Crippen LogP contribution in [0.1, 0.15) is 0 Å². The van der Waals surface area contributed by atoms with Crippen molar-refractivity contribution >= 4 is 5.97 Å². The van der Waals surface area contributed by atoms with Crippen LogP contribution in [0.2, 0.25) is 0 Å². The second kappa shape index (κ2) is 2.40. The molecule has 0 aromatic carbocycles. The largest absolute Gasteiger partial charge is 0.410 e. The molecule has 0 radical (unpaired) electrons. The molecule has 5 nitrogen and oxygen atoms in total. The van der Waals surface area contributed by atoms with Crippen LogP contribution in [0.5, 0.6) is 0 Å². The highest BCUT2D eigenvalue weighted by atomic mass is 19.2. The highest BCUT2D eigenvalue weighted by Gasteiger charge is 2.67. The summed E-state index contributed by atoms with van der Waals surface area (Å²) in [6, 6.07) is 0. The third-order valence-corrected chi connectivity index (χ3v) is 1.41. The van der Waals surface area contributed by atoms with E-state index in [0.29, 0.717) is 0 Å². The van der Waals surface area contributed by atoms with Crippen LogP contribution >= 0.6 is 0 Å². The molecule has 3 N–H and O–H groups in total. The number of aliphatic hydroxyl groups excluding tert-OH is 3. The summed E-state index contributed by atoms with van der Waals surface area (Å²) in [4.78, 5) is 10.1. The molecule has 1 aliphatic heterocycles. The topological polar surface area (TPSA) is 90.3 Å². The fraction of sp³-hybridized carbons (Fsp3) is 0.800. The van der Waals surface area contributed by atoms with E-state index >= 15 is 0 Å². The maximum Gasteiger partial charge on any atom is 0.390 e. The van der Waals surface area contributed by atoms with Gasteiger partial charge in [-0.2, -0.15) is 4.39 Å². The number of rotatable bonds is 3. The normalized spacial score (nSPS) is 34.4. The molecule has 1 rings (SSSR count). The summed E-state index contributed by atoms with van der Waals surface area (Å²) in [6.45, 7) is -0.830. The maximum absolute atomic E-state index is 12.6. The van der Waals surface area contributed by atoms with E-state index in [9.17, 15) is 9.18 Å². The molecule has 0 saturated carbocycles. The number of carbonyl (C=O) groups is 1. The average molecular weight is 166 g/mol.